The SMILES string of the molecule is CCCn1ncc(Cl)c1C(=O)c1cc(Br)ccc1Br. The van der Waals surface area contributed by atoms with E-state index in [1.165, 1.54) is 6.20 Å². The van der Waals surface area contributed by atoms with Crippen molar-refractivity contribution < 1.29 is 4.79 Å². The molecule has 6 heteroatoms. The van der Waals surface area contributed by atoms with Crippen molar-refractivity contribution in [3.05, 3.63) is 49.6 Å². The first-order chi connectivity index (χ1) is 9.04. The summed E-state index contributed by atoms with van der Waals surface area (Å²) in [5.74, 6) is -0.135. The summed E-state index contributed by atoms with van der Waals surface area (Å²) in [7, 11) is 0. The van der Waals surface area contributed by atoms with Crippen molar-refractivity contribution in [2.75, 3.05) is 0 Å². The molecule has 2 rings (SSSR count). The lowest BCUT2D eigenvalue weighted by atomic mass is 10.1. The summed E-state index contributed by atoms with van der Waals surface area (Å²) >= 11 is 12.8. The average Bonchev–Trinajstić information content (AvgIpc) is 2.73. The van der Waals surface area contributed by atoms with E-state index in [-0.39, 0.29) is 5.78 Å². The Morgan fingerprint density at radius 1 is 1.42 bits per heavy atom. The summed E-state index contributed by atoms with van der Waals surface area (Å²) in [5.41, 5.74) is 0.997. The lowest BCUT2D eigenvalue weighted by molar-refractivity contribution is 0.102. The van der Waals surface area contributed by atoms with E-state index in [1.54, 1.807) is 10.7 Å². The van der Waals surface area contributed by atoms with Gasteiger partial charge in [-0.1, -0.05) is 50.4 Å². The van der Waals surface area contributed by atoms with Crippen molar-refractivity contribution in [1.82, 2.24) is 9.78 Å². The summed E-state index contributed by atoms with van der Waals surface area (Å²) in [4.78, 5) is 12.6. The molecule has 0 unspecified atom stereocenters. The molecule has 0 spiro atoms. The van der Waals surface area contributed by atoms with Gasteiger partial charge in [-0.25, -0.2) is 0 Å². The maximum Gasteiger partial charge on any atom is 0.213 e. The van der Waals surface area contributed by atoms with Gasteiger partial charge in [0, 0.05) is 21.1 Å². The first kappa shape index (κ1) is 14.8. The molecule has 0 aliphatic heterocycles. The minimum Gasteiger partial charge on any atom is -0.287 e. The van der Waals surface area contributed by atoms with Crippen LogP contribution >= 0.6 is 43.5 Å². The van der Waals surface area contributed by atoms with Gasteiger partial charge >= 0.3 is 0 Å². The van der Waals surface area contributed by atoms with Crippen LogP contribution in [0.4, 0.5) is 0 Å². The smallest absolute Gasteiger partial charge is 0.213 e. The van der Waals surface area contributed by atoms with Crippen molar-refractivity contribution in [3.63, 3.8) is 0 Å². The van der Waals surface area contributed by atoms with Crippen molar-refractivity contribution in [2.45, 2.75) is 19.9 Å². The van der Waals surface area contributed by atoms with Crippen LogP contribution in [0.15, 0.2) is 33.3 Å². The molecule has 0 saturated carbocycles. The number of rotatable bonds is 4. The van der Waals surface area contributed by atoms with Gasteiger partial charge in [-0.2, -0.15) is 5.10 Å². The van der Waals surface area contributed by atoms with Gasteiger partial charge in [-0.3, -0.25) is 9.48 Å². The first-order valence-corrected chi connectivity index (χ1v) is 7.72. The molecule has 0 fully saturated rings. The average molecular weight is 407 g/mol. The predicted molar refractivity (Wildman–Crippen MR) is 82.8 cm³/mol. The highest BCUT2D eigenvalue weighted by Crippen LogP contribution is 2.26. The second-order valence-electron chi connectivity index (χ2n) is 4.02. The molecule has 1 aromatic heterocycles. The predicted octanol–water partition coefficient (Wildman–Crippen LogP) is 4.70. The minimum atomic E-state index is -0.135. The maximum atomic E-state index is 12.6. The Morgan fingerprint density at radius 3 is 2.84 bits per heavy atom. The zero-order valence-electron chi connectivity index (χ0n) is 10.2. The van der Waals surface area contributed by atoms with E-state index in [4.69, 9.17) is 11.6 Å². The molecular weight excluding hydrogens is 395 g/mol. The summed E-state index contributed by atoms with van der Waals surface area (Å²) in [6.45, 7) is 2.69. The summed E-state index contributed by atoms with van der Waals surface area (Å²) in [5, 5.41) is 4.52. The summed E-state index contributed by atoms with van der Waals surface area (Å²) < 4.78 is 3.23. The Balaban J connectivity index is 2.49. The van der Waals surface area contributed by atoms with Crippen LogP contribution < -0.4 is 0 Å². The fourth-order valence-electron chi connectivity index (χ4n) is 1.77. The fourth-order valence-corrected chi connectivity index (χ4v) is 2.78. The number of aryl methyl sites for hydroxylation is 1. The highest BCUT2D eigenvalue weighted by atomic mass is 79.9. The van der Waals surface area contributed by atoms with Crippen molar-refractivity contribution >= 4 is 49.2 Å². The largest absolute Gasteiger partial charge is 0.287 e. The van der Waals surface area contributed by atoms with Crippen LogP contribution in [0.5, 0.6) is 0 Å². The maximum absolute atomic E-state index is 12.6. The van der Waals surface area contributed by atoms with Crippen LogP contribution in [0.2, 0.25) is 5.02 Å². The third-order valence-corrected chi connectivity index (χ3v) is 4.08. The van der Waals surface area contributed by atoms with E-state index in [1.807, 2.05) is 19.1 Å². The molecule has 0 aliphatic carbocycles. The summed E-state index contributed by atoms with van der Waals surface area (Å²) in [6.07, 6.45) is 2.40. The van der Waals surface area contributed by atoms with E-state index in [9.17, 15) is 4.79 Å². The molecule has 0 bridgehead atoms. The number of carbonyl (C=O) groups is 1. The Hall–Kier alpha value is -0.650. The molecule has 0 saturated heterocycles. The van der Waals surface area contributed by atoms with Crippen LogP contribution in [0, 0.1) is 0 Å². The zero-order chi connectivity index (χ0) is 14.0. The van der Waals surface area contributed by atoms with Crippen molar-refractivity contribution in [3.8, 4) is 0 Å². The third kappa shape index (κ3) is 3.09. The van der Waals surface area contributed by atoms with E-state index in [2.05, 4.69) is 37.0 Å². The van der Waals surface area contributed by atoms with Gasteiger partial charge in [0.05, 0.1) is 11.2 Å². The van der Waals surface area contributed by atoms with Crippen molar-refractivity contribution in [2.24, 2.45) is 0 Å². The van der Waals surface area contributed by atoms with Gasteiger partial charge in [0.1, 0.15) is 5.69 Å². The topological polar surface area (TPSA) is 34.9 Å². The Bertz CT molecular complexity index is 625. The molecule has 0 radical (unpaired) electrons. The molecular formula is C13H11Br2ClN2O. The van der Waals surface area contributed by atoms with Gasteiger partial charge in [0.15, 0.2) is 0 Å². The van der Waals surface area contributed by atoms with Gasteiger partial charge in [0.2, 0.25) is 5.78 Å². The Kier molecular flexibility index (Phi) is 4.81. The highest BCUT2D eigenvalue weighted by molar-refractivity contribution is 9.11. The van der Waals surface area contributed by atoms with E-state index >= 15 is 0 Å². The third-order valence-electron chi connectivity index (χ3n) is 2.62. The monoisotopic (exact) mass is 404 g/mol. The number of halogens is 3. The number of carbonyl (C=O) groups excluding carboxylic acids is 1. The van der Waals surface area contributed by atoms with Crippen LogP contribution in [0.3, 0.4) is 0 Å². The normalized spacial score (nSPS) is 10.7. The lowest BCUT2D eigenvalue weighted by Crippen LogP contribution is -2.12. The number of benzene rings is 1. The molecule has 0 aliphatic rings. The number of aromatic nitrogens is 2. The molecule has 0 atom stereocenters. The molecule has 1 aromatic carbocycles. The number of nitrogens with zero attached hydrogens (tertiary/aromatic N) is 2. The van der Waals surface area contributed by atoms with E-state index < -0.39 is 0 Å². The van der Waals surface area contributed by atoms with Crippen molar-refractivity contribution in [1.29, 1.82) is 0 Å². The molecule has 19 heavy (non-hydrogen) atoms. The summed E-state index contributed by atoms with van der Waals surface area (Å²) in [6, 6.07) is 5.46. The van der Waals surface area contributed by atoms with Crippen LogP contribution in [-0.2, 0) is 6.54 Å². The number of hydrogen-bond donors (Lipinski definition) is 0. The fraction of sp³-hybridized carbons (Fsp3) is 0.231. The van der Waals surface area contributed by atoms with E-state index in [0.717, 1.165) is 15.4 Å². The zero-order valence-corrected chi connectivity index (χ0v) is 14.1. The number of hydrogen-bond acceptors (Lipinski definition) is 2. The van der Waals surface area contributed by atoms with Gasteiger partial charge in [-0.05, 0) is 24.6 Å². The lowest BCUT2D eigenvalue weighted by Gasteiger charge is -2.08. The molecule has 1 heterocycles. The van der Waals surface area contributed by atoms with Crippen LogP contribution in [0.1, 0.15) is 29.4 Å². The molecule has 100 valence electrons. The molecule has 0 N–H and O–H groups in total. The standard InChI is InChI=1S/C13H11Br2ClN2O/c1-2-5-18-12(11(16)7-17-18)13(19)9-6-8(14)3-4-10(9)15/h3-4,6-7H,2,5H2,1H3. The highest BCUT2D eigenvalue weighted by Gasteiger charge is 2.21. The van der Waals surface area contributed by atoms with E-state index in [0.29, 0.717) is 22.8 Å². The second kappa shape index (κ2) is 6.20. The van der Waals surface area contributed by atoms with Gasteiger partial charge in [0.25, 0.3) is 0 Å². The Labute approximate surface area is 133 Å². The first-order valence-electron chi connectivity index (χ1n) is 5.75. The second-order valence-corrected chi connectivity index (χ2v) is 6.19. The Morgan fingerprint density at radius 2 is 2.16 bits per heavy atom. The van der Waals surface area contributed by atoms with Gasteiger partial charge in [-0.15, -0.1) is 0 Å². The number of ketones is 1. The minimum absolute atomic E-state index is 0.135. The quantitative estimate of drug-likeness (QED) is 0.690. The molecule has 3 nitrogen and oxygen atoms in total. The van der Waals surface area contributed by atoms with Crippen LogP contribution in [-0.4, -0.2) is 15.6 Å². The van der Waals surface area contributed by atoms with Gasteiger partial charge < -0.3 is 0 Å². The molecule has 0 amide bonds. The molecule has 2 aromatic rings. The van der Waals surface area contributed by atoms with Crippen LogP contribution in [0.25, 0.3) is 0 Å².